The van der Waals surface area contributed by atoms with Crippen LogP contribution in [0.2, 0.25) is 0 Å². The number of nitrogen functional groups attached to an aromatic ring is 1. The number of amides is 1. The van der Waals surface area contributed by atoms with Gasteiger partial charge in [-0.15, -0.1) is 0 Å². The Labute approximate surface area is 116 Å². The van der Waals surface area contributed by atoms with Crippen molar-refractivity contribution in [2.75, 3.05) is 12.8 Å². The highest BCUT2D eigenvalue weighted by Gasteiger charge is 2.14. The zero-order chi connectivity index (χ0) is 14.7. The number of oxazole rings is 1. The first-order valence-electron chi connectivity index (χ1n) is 6.16. The molecule has 2 rings (SSSR count). The van der Waals surface area contributed by atoms with Crippen LogP contribution in [0.5, 0.6) is 5.75 Å². The van der Waals surface area contributed by atoms with Gasteiger partial charge in [-0.1, -0.05) is 6.07 Å². The van der Waals surface area contributed by atoms with Crippen LogP contribution in [0, 0.1) is 13.8 Å². The number of nitrogens with zero attached hydrogens (tertiary/aromatic N) is 1. The Hall–Kier alpha value is -2.50. The van der Waals surface area contributed by atoms with E-state index in [1.165, 1.54) is 7.11 Å². The van der Waals surface area contributed by atoms with Gasteiger partial charge in [0.1, 0.15) is 11.5 Å². The van der Waals surface area contributed by atoms with Crippen molar-refractivity contribution in [2.45, 2.75) is 20.4 Å². The number of rotatable bonds is 4. The Morgan fingerprint density at radius 3 is 2.80 bits per heavy atom. The van der Waals surface area contributed by atoms with E-state index in [-0.39, 0.29) is 12.5 Å². The second-order valence-corrected chi connectivity index (χ2v) is 4.35. The van der Waals surface area contributed by atoms with Crippen LogP contribution in [0.15, 0.2) is 22.6 Å². The Morgan fingerprint density at radius 2 is 2.20 bits per heavy atom. The highest BCUT2D eigenvalue weighted by atomic mass is 16.5. The molecular weight excluding hydrogens is 258 g/mol. The molecule has 0 atom stereocenters. The lowest BCUT2D eigenvalue weighted by Gasteiger charge is -2.09. The molecular formula is C14H17N3O3. The molecule has 106 valence electrons. The molecule has 0 unspecified atom stereocenters. The number of aryl methyl sites for hydroxylation is 2. The standard InChI is InChI=1S/C14H17N3O3/c1-8-9(2)20-12(17-8)7-16-14(18)10-5-4-6-11(19-3)13(10)15/h4-6H,7,15H2,1-3H3,(H,16,18). The van der Waals surface area contributed by atoms with E-state index in [0.29, 0.717) is 22.9 Å². The summed E-state index contributed by atoms with van der Waals surface area (Å²) in [6.45, 7) is 3.89. The van der Waals surface area contributed by atoms with Crippen LogP contribution in [0.1, 0.15) is 27.7 Å². The second kappa shape index (κ2) is 5.64. The Balaban J connectivity index is 2.09. The molecule has 6 heteroatoms. The first kappa shape index (κ1) is 13.9. The molecule has 3 N–H and O–H groups in total. The molecule has 0 aliphatic heterocycles. The third kappa shape index (κ3) is 2.74. The minimum absolute atomic E-state index is 0.212. The molecule has 2 aromatic rings. The smallest absolute Gasteiger partial charge is 0.253 e. The molecule has 0 fully saturated rings. The fourth-order valence-corrected chi connectivity index (χ4v) is 1.79. The molecule has 1 heterocycles. The van der Waals surface area contributed by atoms with Crippen LogP contribution in [0.3, 0.4) is 0 Å². The number of aromatic nitrogens is 1. The van der Waals surface area contributed by atoms with Crippen molar-refractivity contribution in [2.24, 2.45) is 0 Å². The van der Waals surface area contributed by atoms with Crippen LogP contribution in [-0.2, 0) is 6.54 Å². The predicted molar refractivity (Wildman–Crippen MR) is 74.6 cm³/mol. The predicted octanol–water partition coefficient (Wildman–Crippen LogP) is 1.81. The molecule has 1 aromatic heterocycles. The number of anilines is 1. The normalized spacial score (nSPS) is 10.3. The molecule has 1 aromatic carbocycles. The van der Waals surface area contributed by atoms with Gasteiger partial charge in [-0.2, -0.15) is 0 Å². The van der Waals surface area contributed by atoms with Crippen LogP contribution >= 0.6 is 0 Å². The summed E-state index contributed by atoms with van der Waals surface area (Å²) in [5, 5.41) is 2.72. The molecule has 1 amide bonds. The first-order valence-corrected chi connectivity index (χ1v) is 6.16. The Kier molecular flexibility index (Phi) is 3.93. The lowest BCUT2D eigenvalue weighted by molar-refractivity contribution is 0.0947. The highest BCUT2D eigenvalue weighted by molar-refractivity contribution is 6.00. The average Bonchev–Trinajstić information content (AvgIpc) is 2.75. The monoisotopic (exact) mass is 275 g/mol. The summed E-state index contributed by atoms with van der Waals surface area (Å²) in [6.07, 6.45) is 0. The second-order valence-electron chi connectivity index (χ2n) is 4.35. The summed E-state index contributed by atoms with van der Waals surface area (Å²) >= 11 is 0. The van der Waals surface area contributed by atoms with E-state index in [1.807, 2.05) is 13.8 Å². The summed E-state index contributed by atoms with van der Waals surface area (Å²) in [6, 6.07) is 5.05. The molecule has 0 aliphatic rings. The maximum atomic E-state index is 12.1. The fraction of sp³-hybridized carbons (Fsp3) is 0.286. The number of carbonyl (C=O) groups excluding carboxylic acids is 1. The minimum Gasteiger partial charge on any atom is -0.495 e. The van der Waals surface area contributed by atoms with E-state index in [4.69, 9.17) is 14.9 Å². The van der Waals surface area contributed by atoms with Crippen molar-refractivity contribution >= 4 is 11.6 Å². The van der Waals surface area contributed by atoms with Crippen molar-refractivity contribution < 1.29 is 13.9 Å². The number of hydrogen-bond donors (Lipinski definition) is 2. The van der Waals surface area contributed by atoms with Crippen LogP contribution in [0.25, 0.3) is 0 Å². The number of benzene rings is 1. The van der Waals surface area contributed by atoms with Crippen molar-refractivity contribution in [1.29, 1.82) is 0 Å². The molecule has 0 aliphatic carbocycles. The van der Waals surface area contributed by atoms with Crippen molar-refractivity contribution in [3.63, 3.8) is 0 Å². The summed E-state index contributed by atoms with van der Waals surface area (Å²) in [4.78, 5) is 16.3. The molecule has 0 saturated carbocycles. The number of nitrogens with two attached hydrogens (primary N) is 1. The number of hydrogen-bond acceptors (Lipinski definition) is 5. The topological polar surface area (TPSA) is 90.4 Å². The Morgan fingerprint density at radius 1 is 1.45 bits per heavy atom. The molecule has 20 heavy (non-hydrogen) atoms. The molecule has 0 bridgehead atoms. The molecule has 6 nitrogen and oxygen atoms in total. The number of ether oxygens (including phenoxy) is 1. The van der Waals surface area contributed by atoms with Crippen molar-refractivity contribution in [1.82, 2.24) is 10.3 Å². The number of carbonyl (C=O) groups is 1. The largest absolute Gasteiger partial charge is 0.495 e. The van der Waals surface area contributed by atoms with Gasteiger partial charge in [0, 0.05) is 0 Å². The maximum absolute atomic E-state index is 12.1. The molecule has 0 radical (unpaired) electrons. The lowest BCUT2D eigenvalue weighted by Crippen LogP contribution is -2.24. The summed E-state index contributed by atoms with van der Waals surface area (Å²) in [7, 11) is 1.51. The lowest BCUT2D eigenvalue weighted by atomic mass is 10.1. The van der Waals surface area contributed by atoms with Gasteiger partial charge >= 0.3 is 0 Å². The van der Waals surface area contributed by atoms with Gasteiger partial charge in [0.2, 0.25) is 5.89 Å². The van der Waals surface area contributed by atoms with Gasteiger partial charge in [0.25, 0.3) is 5.91 Å². The van der Waals surface area contributed by atoms with Crippen LogP contribution < -0.4 is 15.8 Å². The van der Waals surface area contributed by atoms with Gasteiger partial charge in [0.05, 0.1) is 30.6 Å². The summed E-state index contributed by atoms with van der Waals surface area (Å²) in [5.41, 5.74) is 7.36. The van der Waals surface area contributed by atoms with E-state index < -0.39 is 0 Å². The van der Waals surface area contributed by atoms with Gasteiger partial charge in [-0.3, -0.25) is 4.79 Å². The maximum Gasteiger partial charge on any atom is 0.253 e. The SMILES string of the molecule is COc1cccc(C(=O)NCc2nc(C)c(C)o2)c1N. The van der Waals surface area contributed by atoms with Gasteiger partial charge in [-0.05, 0) is 26.0 Å². The minimum atomic E-state index is -0.296. The number of para-hydroxylation sites is 1. The highest BCUT2D eigenvalue weighted by Crippen LogP contribution is 2.24. The van der Waals surface area contributed by atoms with E-state index in [0.717, 1.165) is 11.5 Å². The van der Waals surface area contributed by atoms with Crippen LogP contribution in [0.4, 0.5) is 5.69 Å². The average molecular weight is 275 g/mol. The fourth-order valence-electron chi connectivity index (χ4n) is 1.79. The number of nitrogens with one attached hydrogen (secondary N) is 1. The van der Waals surface area contributed by atoms with Crippen molar-refractivity contribution in [3.05, 3.63) is 41.1 Å². The molecule has 0 spiro atoms. The van der Waals surface area contributed by atoms with Crippen LogP contribution in [-0.4, -0.2) is 18.0 Å². The molecule has 0 saturated heterocycles. The van der Waals surface area contributed by atoms with Gasteiger partial charge in [-0.25, -0.2) is 4.98 Å². The Bertz CT molecular complexity index is 615. The summed E-state index contributed by atoms with van der Waals surface area (Å²) in [5.74, 6) is 1.39. The zero-order valence-corrected chi connectivity index (χ0v) is 11.7. The quantitative estimate of drug-likeness (QED) is 0.830. The van der Waals surface area contributed by atoms with E-state index in [2.05, 4.69) is 10.3 Å². The van der Waals surface area contributed by atoms with E-state index in [1.54, 1.807) is 18.2 Å². The van der Waals surface area contributed by atoms with Gasteiger partial charge in [0.15, 0.2) is 0 Å². The van der Waals surface area contributed by atoms with E-state index >= 15 is 0 Å². The van der Waals surface area contributed by atoms with E-state index in [9.17, 15) is 4.79 Å². The number of methoxy groups -OCH3 is 1. The first-order chi connectivity index (χ1) is 9.52. The third-order valence-electron chi connectivity index (χ3n) is 3.00. The summed E-state index contributed by atoms with van der Waals surface area (Å²) < 4.78 is 10.5. The zero-order valence-electron chi connectivity index (χ0n) is 11.7. The van der Waals surface area contributed by atoms with Crippen molar-refractivity contribution in [3.8, 4) is 5.75 Å². The van der Waals surface area contributed by atoms with Gasteiger partial charge < -0.3 is 20.2 Å². The third-order valence-corrected chi connectivity index (χ3v) is 3.00.